The van der Waals surface area contributed by atoms with E-state index in [1.165, 1.54) is 16.2 Å². The lowest BCUT2D eigenvalue weighted by molar-refractivity contribution is -0.123. The second-order valence-corrected chi connectivity index (χ2v) is 8.59. The third kappa shape index (κ3) is 4.04. The van der Waals surface area contributed by atoms with Crippen LogP contribution in [0.1, 0.15) is 24.1 Å². The summed E-state index contributed by atoms with van der Waals surface area (Å²) in [4.78, 5) is 32.9. The Kier molecular flexibility index (Phi) is 6.01. The van der Waals surface area contributed by atoms with Crippen LogP contribution < -0.4 is 10.9 Å². The topological polar surface area (TPSA) is 66.7 Å². The average Bonchev–Trinajstić information content (AvgIpc) is 3.07. The predicted octanol–water partition coefficient (Wildman–Crippen LogP) is 4.25. The van der Waals surface area contributed by atoms with E-state index in [1.807, 2.05) is 43.3 Å². The highest BCUT2D eigenvalue weighted by Crippen LogP contribution is 2.38. The van der Waals surface area contributed by atoms with Crippen LogP contribution in [0.3, 0.4) is 0 Å². The monoisotopic (exact) mass is 448 g/mol. The lowest BCUT2D eigenvalue weighted by Gasteiger charge is -2.23. The van der Waals surface area contributed by atoms with Crippen molar-refractivity contribution in [1.29, 1.82) is 0 Å². The molecule has 6 nitrogen and oxygen atoms in total. The maximum absolute atomic E-state index is 13.2. The van der Waals surface area contributed by atoms with Crippen LogP contribution >= 0.6 is 24.0 Å². The van der Waals surface area contributed by atoms with Crippen molar-refractivity contribution < 1.29 is 4.79 Å². The molecule has 0 unspecified atom stereocenters. The normalized spacial score (nSPS) is 16.2. The van der Waals surface area contributed by atoms with E-state index < -0.39 is 0 Å². The highest BCUT2D eigenvalue weighted by molar-refractivity contribution is 8.26. The Morgan fingerprint density at radius 3 is 2.68 bits per heavy atom. The van der Waals surface area contributed by atoms with Crippen molar-refractivity contribution >= 4 is 51.7 Å². The molecule has 0 aliphatic carbocycles. The number of rotatable bonds is 6. The number of nitrogens with one attached hydrogen (secondary N) is 1. The Morgan fingerprint density at radius 1 is 1.19 bits per heavy atom. The molecule has 1 atom stereocenters. The smallest absolute Gasteiger partial charge is 0.267 e. The van der Waals surface area contributed by atoms with Gasteiger partial charge in [0.2, 0.25) is 0 Å². The Labute approximate surface area is 189 Å². The van der Waals surface area contributed by atoms with Crippen LogP contribution in [-0.2, 0) is 4.79 Å². The van der Waals surface area contributed by atoms with Gasteiger partial charge in [-0.3, -0.25) is 18.9 Å². The van der Waals surface area contributed by atoms with Gasteiger partial charge in [0.15, 0.2) is 0 Å². The number of carbonyl (C=O) groups excluding carboxylic acids is 1. The van der Waals surface area contributed by atoms with E-state index in [-0.39, 0.29) is 17.5 Å². The molecule has 1 saturated heterocycles. The quantitative estimate of drug-likeness (QED) is 0.345. The first-order valence-electron chi connectivity index (χ1n) is 9.69. The average molecular weight is 449 g/mol. The lowest BCUT2D eigenvalue weighted by Crippen LogP contribution is -2.31. The van der Waals surface area contributed by atoms with Gasteiger partial charge in [-0.15, -0.1) is 6.58 Å². The number of pyridine rings is 1. The molecule has 2 aromatic heterocycles. The molecule has 3 aromatic rings. The molecule has 4 rings (SSSR count). The van der Waals surface area contributed by atoms with Crippen LogP contribution in [0.25, 0.3) is 11.7 Å². The molecule has 0 radical (unpaired) electrons. The Balaban J connectivity index is 1.77. The van der Waals surface area contributed by atoms with Crippen molar-refractivity contribution in [1.82, 2.24) is 14.3 Å². The summed E-state index contributed by atoms with van der Waals surface area (Å²) >= 11 is 6.69. The minimum atomic E-state index is -0.265. The second-order valence-electron chi connectivity index (χ2n) is 6.92. The minimum absolute atomic E-state index is 0.214. The summed E-state index contributed by atoms with van der Waals surface area (Å²) in [6.45, 7) is 6.07. The third-order valence-corrected chi connectivity index (χ3v) is 6.28. The first-order chi connectivity index (χ1) is 15.0. The standard InChI is InChI=1S/C23H20N4O2S2/c1-3-12-24-20-17(21(28)26-13-8-7-11-19(26)25-20)14-18-22(29)27(23(30)31-18)15(2)16-9-5-4-6-10-16/h3-11,13-15,24H,1,12H2,2H3/b18-14-/t15-/m0/s1. The van der Waals surface area contributed by atoms with Crippen molar-refractivity contribution in [3.63, 3.8) is 0 Å². The van der Waals surface area contributed by atoms with Crippen LogP contribution in [0.5, 0.6) is 0 Å². The molecular weight excluding hydrogens is 428 g/mol. The number of nitrogens with zero attached hydrogens (tertiary/aromatic N) is 3. The minimum Gasteiger partial charge on any atom is -0.366 e. The molecule has 0 saturated carbocycles. The zero-order valence-electron chi connectivity index (χ0n) is 16.8. The molecular formula is C23H20N4O2S2. The number of hydrogen-bond acceptors (Lipinski definition) is 6. The zero-order chi connectivity index (χ0) is 22.0. The number of thiocarbonyl (C=S) groups is 1. The molecule has 1 aromatic carbocycles. The van der Waals surface area contributed by atoms with Crippen LogP contribution in [0.15, 0.2) is 77.1 Å². The SMILES string of the molecule is C=CCNc1nc2ccccn2c(=O)c1/C=C1\SC(=S)N([C@@H](C)c2ccccc2)C1=O. The highest BCUT2D eigenvalue weighted by Gasteiger charge is 2.36. The van der Waals surface area contributed by atoms with Crippen molar-refractivity contribution in [2.75, 3.05) is 11.9 Å². The molecule has 1 N–H and O–H groups in total. The fraction of sp³-hybridized carbons (Fsp3) is 0.130. The van der Waals surface area contributed by atoms with Crippen molar-refractivity contribution in [3.05, 3.63) is 93.8 Å². The number of anilines is 1. The van der Waals surface area contributed by atoms with E-state index in [4.69, 9.17) is 12.2 Å². The molecule has 31 heavy (non-hydrogen) atoms. The number of thioether (sulfide) groups is 1. The molecule has 0 spiro atoms. The Bertz CT molecular complexity index is 1270. The Morgan fingerprint density at radius 2 is 1.94 bits per heavy atom. The summed E-state index contributed by atoms with van der Waals surface area (Å²) in [6.07, 6.45) is 4.92. The van der Waals surface area contributed by atoms with Gasteiger partial charge in [0.1, 0.15) is 15.8 Å². The van der Waals surface area contributed by atoms with Gasteiger partial charge in [0.25, 0.3) is 11.5 Å². The second kappa shape index (κ2) is 8.87. The van der Waals surface area contributed by atoms with Crippen molar-refractivity contribution in [3.8, 4) is 0 Å². The van der Waals surface area contributed by atoms with Gasteiger partial charge < -0.3 is 5.32 Å². The van der Waals surface area contributed by atoms with E-state index in [0.29, 0.717) is 32.8 Å². The van der Waals surface area contributed by atoms with E-state index in [9.17, 15) is 9.59 Å². The van der Waals surface area contributed by atoms with Gasteiger partial charge in [-0.05, 0) is 30.7 Å². The summed E-state index contributed by atoms with van der Waals surface area (Å²) in [5.74, 6) is 0.177. The number of benzene rings is 1. The van der Waals surface area contributed by atoms with Gasteiger partial charge in [-0.2, -0.15) is 0 Å². The van der Waals surface area contributed by atoms with E-state index >= 15 is 0 Å². The van der Waals surface area contributed by atoms with Gasteiger partial charge in [0.05, 0.1) is 16.5 Å². The summed E-state index contributed by atoms with van der Waals surface area (Å²) in [5, 5.41) is 3.10. The molecule has 8 heteroatoms. The number of hydrogen-bond donors (Lipinski definition) is 1. The van der Waals surface area contributed by atoms with E-state index in [1.54, 1.807) is 35.4 Å². The number of amides is 1. The van der Waals surface area contributed by atoms with E-state index in [0.717, 1.165) is 5.56 Å². The summed E-state index contributed by atoms with van der Waals surface area (Å²) in [7, 11) is 0. The molecule has 1 fully saturated rings. The summed E-state index contributed by atoms with van der Waals surface area (Å²) < 4.78 is 1.92. The number of aromatic nitrogens is 2. The predicted molar refractivity (Wildman–Crippen MR) is 130 cm³/mol. The summed E-state index contributed by atoms with van der Waals surface area (Å²) in [6, 6.07) is 14.8. The molecule has 3 heterocycles. The largest absolute Gasteiger partial charge is 0.366 e. The van der Waals surface area contributed by atoms with Crippen LogP contribution in [0.2, 0.25) is 0 Å². The maximum Gasteiger partial charge on any atom is 0.267 e. The molecule has 156 valence electrons. The van der Waals surface area contributed by atoms with E-state index in [2.05, 4.69) is 16.9 Å². The Hall–Kier alpha value is -3.23. The third-order valence-electron chi connectivity index (χ3n) is 4.95. The van der Waals surface area contributed by atoms with Gasteiger partial charge >= 0.3 is 0 Å². The van der Waals surface area contributed by atoms with Crippen LogP contribution in [0, 0.1) is 0 Å². The highest BCUT2D eigenvalue weighted by atomic mass is 32.2. The van der Waals surface area contributed by atoms with Crippen molar-refractivity contribution in [2.45, 2.75) is 13.0 Å². The van der Waals surface area contributed by atoms with Crippen LogP contribution in [-0.4, -0.2) is 31.1 Å². The molecule has 0 bridgehead atoms. The van der Waals surface area contributed by atoms with Gasteiger partial charge in [-0.1, -0.05) is 66.5 Å². The van der Waals surface area contributed by atoms with Gasteiger partial charge in [0, 0.05) is 12.7 Å². The molecule has 1 aliphatic heterocycles. The lowest BCUT2D eigenvalue weighted by atomic mass is 10.1. The van der Waals surface area contributed by atoms with Gasteiger partial charge in [-0.25, -0.2) is 4.98 Å². The zero-order valence-corrected chi connectivity index (χ0v) is 18.5. The van der Waals surface area contributed by atoms with Crippen molar-refractivity contribution in [2.24, 2.45) is 0 Å². The molecule has 1 aliphatic rings. The molecule has 1 amide bonds. The fourth-order valence-electron chi connectivity index (χ4n) is 3.36. The van der Waals surface area contributed by atoms with Crippen LogP contribution in [0.4, 0.5) is 5.82 Å². The maximum atomic E-state index is 13.2. The first kappa shape index (κ1) is 21.0. The first-order valence-corrected chi connectivity index (χ1v) is 10.9. The number of fused-ring (bicyclic) bond motifs is 1. The summed E-state index contributed by atoms with van der Waals surface area (Å²) in [5.41, 5.74) is 1.54. The number of carbonyl (C=O) groups is 1. The fourth-order valence-corrected chi connectivity index (χ4v) is 4.76.